The summed E-state index contributed by atoms with van der Waals surface area (Å²) in [6.07, 6.45) is 42.1. The molecule has 0 fully saturated rings. The molecule has 0 aliphatic heterocycles. The van der Waals surface area contributed by atoms with Gasteiger partial charge in [-0.1, -0.05) is 194 Å². The second-order valence-corrected chi connectivity index (χ2v) is 15.8. The topological polar surface area (TPSA) is 34.1 Å². The Labute approximate surface area is 296 Å². The molecule has 46 heavy (non-hydrogen) atoms. The summed E-state index contributed by atoms with van der Waals surface area (Å²) in [6.45, 7) is 5.35. The van der Waals surface area contributed by atoms with Crippen molar-refractivity contribution < 1.29 is 26.5 Å². The molecule has 0 aromatic heterocycles. The number of ketones is 2. The van der Waals surface area contributed by atoms with Gasteiger partial charge in [0.1, 0.15) is 11.6 Å². The Morgan fingerprint density at radius 2 is 0.674 bits per heavy atom. The average molecular weight is 671 g/mol. The van der Waals surface area contributed by atoms with Gasteiger partial charge < -0.3 is 16.9 Å². The van der Waals surface area contributed by atoms with Crippen molar-refractivity contribution in [2.75, 3.05) is 27.7 Å². The minimum atomic E-state index is -0.0968. The van der Waals surface area contributed by atoms with Gasteiger partial charge in [0.2, 0.25) is 0 Å². The second-order valence-electron chi connectivity index (χ2n) is 15.8. The van der Waals surface area contributed by atoms with Gasteiger partial charge in [0, 0.05) is 19.3 Å². The van der Waals surface area contributed by atoms with E-state index in [0.29, 0.717) is 30.8 Å². The van der Waals surface area contributed by atoms with Crippen LogP contribution >= 0.6 is 0 Å². The summed E-state index contributed by atoms with van der Waals surface area (Å²) in [7, 11) is 6.44. The largest absolute Gasteiger partial charge is 1.00 e. The van der Waals surface area contributed by atoms with E-state index in [1.165, 1.54) is 167 Å². The molecule has 0 N–H and O–H groups in total. The smallest absolute Gasteiger partial charge is 0.142 e. The van der Waals surface area contributed by atoms with Crippen molar-refractivity contribution in [3.05, 3.63) is 0 Å². The SMILES string of the molecule is CCCCCCCCCCCCCCCCCC(=O)CC(C[N+](C)(C)C)C(=O)CCCCCCCCCCCCCCCCC.[Cl-]. The molecule has 0 aliphatic carbocycles. The third kappa shape index (κ3) is 36.4. The van der Waals surface area contributed by atoms with Gasteiger partial charge in [-0.2, -0.15) is 0 Å². The van der Waals surface area contributed by atoms with Gasteiger partial charge >= 0.3 is 0 Å². The summed E-state index contributed by atoms with van der Waals surface area (Å²) in [5, 5.41) is 0. The first-order valence-electron chi connectivity index (χ1n) is 20.6. The monoisotopic (exact) mass is 670 g/mol. The minimum Gasteiger partial charge on any atom is -1.00 e. The summed E-state index contributed by atoms with van der Waals surface area (Å²) in [6, 6.07) is 0. The molecule has 0 bridgehead atoms. The third-order valence-corrected chi connectivity index (χ3v) is 9.78. The van der Waals surface area contributed by atoms with E-state index in [2.05, 4.69) is 35.0 Å². The summed E-state index contributed by atoms with van der Waals surface area (Å²) >= 11 is 0. The quantitative estimate of drug-likeness (QED) is 0.0487. The van der Waals surface area contributed by atoms with Crippen LogP contribution in [0.25, 0.3) is 0 Å². The molecule has 276 valence electrons. The molecule has 0 aromatic rings. The van der Waals surface area contributed by atoms with E-state index in [1.807, 2.05) is 0 Å². The standard InChI is InChI=1S/C42H84NO2.ClH/c1-6-8-10-12-14-16-18-20-22-24-26-28-30-32-34-36-41(44)38-40(39-43(3,4)5)42(45)37-35-33-31-29-27-25-23-21-19-17-15-13-11-9-7-2;/h40H,6-39H2,1-5H3;1H/q+1;/p-1. The van der Waals surface area contributed by atoms with Crippen LogP contribution in [0.3, 0.4) is 0 Å². The predicted octanol–water partition coefficient (Wildman–Crippen LogP) is 10.4. The fourth-order valence-electron chi connectivity index (χ4n) is 6.89. The minimum absolute atomic E-state index is 0. The molecule has 0 amide bonds. The molecule has 1 atom stereocenters. The maximum atomic E-state index is 13.1. The Balaban J connectivity index is 0. The number of unbranched alkanes of at least 4 members (excludes halogenated alkanes) is 28. The van der Waals surface area contributed by atoms with E-state index in [-0.39, 0.29) is 18.3 Å². The molecule has 0 heterocycles. The average Bonchev–Trinajstić information content (AvgIpc) is 3.00. The molecule has 0 radical (unpaired) electrons. The molecular formula is C42H84ClNO2. The Hall–Kier alpha value is -0.410. The summed E-state index contributed by atoms with van der Waals surface area (Å²) in [5.74, 6) is 0.552. The van der Waals surface area contributed by atoms with Crippen molar-refractivity contribution in [3.8, 4) is 0 Å². The van der Waals surface area contributed by atoms with Crippen molar-refractivity contribution in [2.45, 2.75) is 226 Å². The van der Waals surface area contributed by atoms with Gasteiger partial charge in [0.05, 0.1) is 33.6 Å². The fourth-order valence-corrected chi connectivity index (χ4v) is 6.89. The lowest BCUT2D eigenvalue weighted by Gasteiger charge is -2.28. The Morgan fingerprint density at radius 1 is 0.413 bits per heavy atom. The molecule has 0 saturated carbocycles. The highest BCUT2D eigenvalue weighted by molar-refractivity contribution is 5.88. The number of hydrogen-bond donors (Lipinski definition) is 0. The number of quaternary nitrogens is 1. The highest BCUT2D eigenvalue weighted by atomic mass is 35.5. The number of carbonyl (C=O) groups is 2. The predicted molar refractivity (Wildman–Crippen MR) is 200 cm³/mol. The maximum absolute atomic E-state index is 13.1. The maximum Gasteiger partial charge on any atom is 0.142 e. The van der Waals surface area contributed by atoms with Gasteiger partial charge in [-0.25, -0.2) is 0 Å². The van der Waals surface area contributed by atoms with E-state index in [9.17, 15) is 9.59 Å². The van der Waals surface area contributed by atoms with Crippen LogP contribution in [0.1, 0.15) is 226 Å². The van der Waals surface area contributed by atoms with Crippen LogP contribution in [0.5, 0.6) is 0 Å². The Kier molecular flexibility index (Phi) is 37.2. The number of halogens is 1. The lowest BCUT2D eigenvalue weighted by molar-refractivity contribution is -0.872. The number of rotatable bonds is 37. The van der Waals surface area contributed by atoms with E-state index in [4.69, 9.17) is 0 Å². The number of nitrogens with zero attached hydrogens (tertiary/aromatic N) is 1. The van der Waals surface area contributed by atoms with E-state index < -0.39 is 0 Å². The number of carbonyl (C=O) groups excluding carboxylic acids is 2. The molecule has 0 spiro atoms. The van der Waals surface area contributed by atoms with Crippen LogP contribution in [0.2, 0.25) is 0 Å². The lowest BCUT2D eigenvalue weighted by Crippen LogP contribution is -3.00. The summed E-state index contributed by atoms with van der Waals surface area (Å²) in [4.78, 5) is 26.0. The normalized spacial score (nSPS) is 12.3. The third-order valence-electron chi connectivity index (χ3n) is 9.78. The molecule has 1 unspecified atom stereocenters. The van der Waals surface area contributed by atoms with E-state index in [1.54, 1.807) is 0 Å². The van der Waals surface area contributed by atoms with Crippen LogP contribution in [0, 0.1) is 5.92 Å². The van der Waals surface area contributed by atoms with Crippen LogP contribution in [0.4, 0.5) is 0 Å². The van der Waals surface area contributed by atoms with Gasteiger partial charge in [-0.05, 0) is 12.8 Å². The molecule has 0 aromatic carbocycles. The van der Waals surface area contributed by atoms with Gasteiger partial charge in [-0.15, -0.1) is 0 Å². The Morgan fingerprint density at radius 3 is 0.957 bits per heavy atom. The summed E-state index contributed by atoms with van der Waals surface area (Å²) < 4.78 is 0.751. The second kappa shape index (κ2) is 35.9. The van der Waals surface area contributed by atoms with Crippen LogP contribution in [-0.2, 0) is 9.59 Å². The van der Waals surface area contributed by atoms with Crippen molar-refractivity contribution in [1.29, 1.82) is 0 Å². The van der Waals surface area contributed by atoms with E-state index >= 15 is 0 Å². The van der Waals surface area contributed by atoms with E-state index in [0.717, 1.165) is 36.7 Å². The molecule has 0 saturated heterocycles. The number of hydrogen-bond acceptors (Lipinski definition) is 2. The zero-order chi connectivity index (χ0) is 33.3. The molecular weight excluding hydrogens is 586 g/mol. The highest BCUT2D eigenvalue weighted by Gasteiger charge is 2.27. The highest BCUT2D eigenvalue weighted by Crippen LogP contribution is 2.19. The first-order valence-corrected chi connectivity index (χ1v) is 20.6. The van der Waals surface area contributed by atoms with Gasteiger partial charge in [-0.3, -0.25) is 9.59 Å². The van der Waals surface area contributed by atoms with Gasteiger partial charge in [0.25, 0.3) is 0 Å². The zero-order valence-corrected chi connectivity index (χ0v) is 33.0. The molecule has 0 aliphatic rings. The van der Waals surface area contributed by atoms with Crippen LogP contribution in [-0.4, -0.2) is 43.7 Å². The molecule has 0 rings (SSSR count). The fraction of sp³-hybridized carbons (Fsp3) is 0.952. The van der Waals surface area contributed by atoms with Crippen LogP contribution < -0.4 is 12.4 Å². The van der Waals surface area contributed by atoms with Gasteiger partial charge in [0.15, 0.2) is 0 Å². The molecule has 4 heteroatoms. The Bertz CT molecular complexity index is 644. The first kappa shape index (κ1) is 47.7. The molecule has 3 nitrogen and oxygen atoms in total. The summed E-state index contributed by atoms with van der Waals surface area (Å²) in [5.41, 5.74) is 0. The number of Topliss-reactive ketones (excluding diaryl/α,β-unsaturated/α-hetero) is 2. The lowest BCUT2D eigenvalue weighted by atomic mass is 9.91. The first-order chi connectivity index (χ1) is 21.8. The van der Waals surface area contributed by atoms with Crippen molar-refractivity contribution in [3.63, 3.8) is 0 Å². The van der Waals surface area contributed by atoms with Crippen molar-refractivity contribution >= 4 is 11.6 Å². The van der Waals surface area contributed by atoms with Crippen LogP contribution in [0.15, 0.2) is 0 Å². The van der Waals surface area contributed by atoms with Crippen molar-refractivity contribution in [2.24, 2.45) is 5.92 Å². The zero-order valence-electron chi connectivity index (χ0n) is 32.3. The van der Waals surface area contributed by atoms with Crippen molar-refractivity contribution in [1.82, 2.24) is 0 Å².